The fraction of sp³-hybridized carbons (Fsp3) is 0.0909. The van der Waals surface area contributed by atoms with Crippen LogP contribution in [0.4, 0.5) is 0 Å². The van der Waals surface area contributed by atoms with E-state index < -0.39 is 5.92 Å². The first-order valence-electron chi connectivity index (χ1n) is 8.58. The summed E-state index contributed by atoms with van der Waals surface area (Å²) in [5.41, 5.74) is 9.18. The maximum atomic E-state index is 12.7. The minimum Gasteiger partial charge on any atom is -0.370 e. The highest BCUT2D eigenvalue weighted by molar-refractivity contribution is 6.31. The van der Waals surface area contributed by atoms with Gasteiger partial charge in [0, 0.05) is 5.02 Å². The zero-order valence-corrected chi connectivity index (χ0v) is 15.4. The van der Waals surface area contributed by atoms with Gasteiger partial charge in [0.1, 0.15) is 0 Å². The molecule has 27 heavy (non-hydrogen) atoms. The molecule has 0 aromatic heterocycles. The molecule has 0 fully saturated rings. The lowest BCUT2D eigenvalue weighted by molar-refractivity contribution is -0.121. The van der Waals surface area contributed by atoms with Gasteiger partial charge >= 0.3 is 0 Å². The molecule has 0 unspecified atom stereocenters. The average Bonchev–Trinajstić information content (AvgIpc) is 2.67. The van der Waals surface area contributed by atoms with Crippen molar-refractivity contribution in [3.8, 4) is 11.1 Å². The van der Waals surface area contributed by atoms with Gasteiger partial charge < -0.3 is 5.73 Å². The van der Waals surface area contributed by atoms with Crippen LogP contribution in [0.1, 0.15) is 17.0 Å². The number of carbonyl (C=O) groups excluding carboxylic acids is 1. The molecule has 0 saturated heterocycles. The van der Waals surface area contributed by atoms with Gasteiger partial charge in [0.2, 0.25) is 5.91 Å². The molecule has 4 N–H and O–H groups in total. The molecule has 136 valence electrons. The summed E-state index contributed by atoms with van der Waals surface area (Å²) < 4.78 is 0. The van der Waals surface area contributed by atoms with E-state index >= 15 is 0 Å². The summed E-state index contributed by atoms with van der Waals surface area (Å²) in [6.45, 7) is 0. The quantitative estimate of drug-likeness (QED) is 0.456. The Morgan fingerprint density at radius 2 is 1.63 bits per heavy atom. The van der Waals surface area contributed by atoms with Crippen molar-refractivity contribution in [2.45, 2.75) is 12.3 Å². The van der Waals surface area contributed by atoms with Gasteiger partial charge in [0.05, 0.1) is 5.92 Å². The van der Waals surface area contributed by atoms with Crippen LogP contribution in [-0.4, -0.2) is 11.9 Å². The third-order valence-corrected chi connectivity index (χ3v) is 4.72. The molecule has 5 heteroatoms. The van der Waals surface area contributed by atoms with Crippen LogP contribution in [0.3, 0.4) is 0 Å². The van der Waals surface area contributed by atoms with Gasteiger partial charge in [-0.3, -0.25) is 15.5 Å². The van der Waals surface area contributed by atoms with E-state index in [2.05, 4.69) is 5.32 Å². The Bertz CT molecular complexity index is 957. The van der Waals surface area contributed by atoms with Crippen molar-refractivity contribution in [1.82, 2.24) is 5.32 Å². The first kappa shape index (κ1) is 18.7. The SMILES string of the molecule is N=C(N)NC(=O)[C@H](Cc1ccccc1Cl)c1cccc(-c2ccccc2)c1. The van der Waals surface area contributed by atoms with Gasteiger partial charge in [-0.25, -0.2) is 0 Å². The Hall–Kier alpha value is -3.11. The van der Waals surface area contributed by atoms with E-state index in [1.54, 1.807) is 6.07 Å². The summed E-state index contributed by atoms with van der Waals surface area (Å²) in [5, 5.41) is 10.4. The van der Waals surface area contributed by atoms with Crippen LogP contribution in [0, 0.1) is 5.41 Å². The highest BCUT2D eigenvalue weighted by Gasteiger charge is 2.23. The molecule has 0 spiro atoms. The molecule has 1 atom stereocenters. The predicted octanol–water partition coefficient (Wildman–Crippen LogP) is 4.34. The molecular weight excluding hydrogens is 358 g/mol. The Morgan fingerprint density at radius 1 is 0.963 bits per heavy atom. The summed E-state index contributed by atoms with van der Waals surface area (Å²) in [4.78, 5) is 12.7. The van der Waals surface area contributed by atoms with E-state index in [0.29, 0.717) is 11.4 Å². The van der Waals surface area contributed by atoms with Crippen molar-refractivity contribution in [2.24, 2.45) is 5.73 Å². The summed E-state index contributed by atoms with van der Waals surface area (Å²) in [5.74, 6) is -1.21. The van der Waals surface area contributed by atoms with Crippen LogP contribution < -0.4 is 11.1 Å². The first-order chi connectivity index (χ1) is 13.0. The van der Waals surface area contributed by atoms with E-state index in [0.717, 1.165) is 22.3 Å². The van der Waals surface area contributed by atoms with Crippen LogP contribution in [0.15, 0.2) is 78.9 Å². The highest BCUT2D eigenvalue weighted by Crippen LogP contribution is 2.29. The third-order valence-electron chi connectivity index (χ3n) is 4.35. The maximum Gasteiger partial charge on any atom is 0.234 e. The van der Waals surface area contributed by atoms with Crippen molar-refractivity contribution in [1.29, 1.82) is 5.41 Å². The summed E-state index contributed by atoms with van der Waals surface area (Å²) in [7, 11) is 0. The lowest BCUT2D eigenvalue weighted by atomic mass is 9.89. The molecule has 3 rings (SSSR count). The second kappa shape index (κ2) is 8.52. The minimum atomic E-state index is -0.516. The normalized spacial score (nSPS) is 11.6. The summed E-state index contributed by atoms with van der Waals surface area (Å²) >= 11 is 6.29. The van der Waals surface area contributed by atoms with E-state index in [-0.39, 0.29) is 11.9 Å². The number of hydrogen-bond acceptors (Lipinski definition) is 2. The molecule has 0 bridgehead atoms. The number of hydrogen-bond donors (Lipinski definition) is 3. The number of guanidine groups is 1. The Balaban J connectivity index is 1.98. The number of nitrogens with one attached hydrogen (secondary N) is 2. The summed E-state index contributed by atoms with van der Waals surface area (Å²) in [6, 6.07) is 25.3. The van der Waals surface area contributed by atoms with Crippen molar-refractivity contribution in [2.75, 3.05) is 0 Å². The highest BCUT2D eigenvalue weighted by atomic mass is 35.5. The Labute approximate surface area is 163 Å². The Morgan fingerprint density at radius 3 is 2.33 bits per heavy atom. The van der Waals surface area contributed by atoms with Crippen LogP contribution in [0.2, 0.25) is 5.02 Å². The van der Waals surface area contributed by atoms with Crippen LogP contribution in [-0.2, 0) is 11.2 Å². The second-order valence-corrected chi connectivity index (χ2v) is 6.65. The molecule has 0 aliphatic rings. The fourth-order valence-electron chi connectivity index (χ4n) is 3.03. The Kier molecular flexibility index (Phi) is 5.89. The molecule has 0 heterocycles. The van der Waals surface area contributed by atoms with Crippen LogP contribution in [0.25, 0.3) is 11.1 Å². The van der Waals surface area contributed by atoms with Gasteiger partial charge in [0.25, 0.3) is 0 Å². The molecule has 0 aliphatic carbocycles. The molecule has 0 saturated carbocycles. The maximum absolute atomic E-state index is 12.7. The zero-order chi connectivity index (χ0) is 19.2. The number of nitrogens with two attached hydrogens (primary N) is 1. The van der Waals surface area contributed by atoms with Gasteiger partial charge in [0.15, 0.2) is 5.96 Å². The number of benzene rings is 3. The number of halogens is 1. The number of carbonyl (C=O) groups is 1. The van der Waals surface area contributed by atoms with Crippen molar-refractivity contribution >= 4 is 23.5 Å². The summed E-state index contributed by atoms with van der Waals surface area (Å²) in [6.07, 6.45) is 0.414. The van der Waals surface area contributed by atoms with Gasteiger partial charge in [-0.1, -0.05) is 84.4 Å². The first-order valence-corrected chi connectivity index (χ1v) is 8.96. The van der Waals surface area contributed by atoms with Gasteiger partial charge in [-0.15, -0.1) is 0 Å². The lowest BCUT2D eigenvalue weighted by Crippen LogP contribution is -2.39. The second-order valence-electron chi connectivity index (χ2n) is 6.24. The smallest absolute Gasteiger partial charge is 0.234 e. The molecule has 3 aromatic carbocycles. The topological polar surface area (TPSA) is 79.0 Å². The third kappa shape index (κ3) is 4.74. The van der Waals surface area contributed by atoms with Crippen LogP contribution in [0.5, 0.6) is 0 Å². The van der Waals surface area contributed by atoms with Crippen molar-refractivity contribution in [3.63, 3.8) is 0 Å². The lowest BCUT2D eigenvalue weighted by Gasteiger charge is -2.18. The van der Waals surface area contributed by atoms with E-state index in [9.17, 15) is 4.79 Å². The molecule has 0 radical (unpaired) electrons. The van der Waals surface area contributed by atoms with Gasteiger partial charge in [-0.2, -0.15) is 0 Å². The standard InChI is InChI=1S/C22H20ClN3O/c23-20-12-5-4-9-18(20)14-19(21(27)26-22(24)25)17-11-6-10-16(13-17)15-7-2-1-3-8-15/h1-13,19H,14H2,(H4,24,25,26,27)/t19-/m1/s1. The van der Waals surface area contributed by atoms with E-state index in [1.807, 2.05) is 72.8 Å². The molecule has 0 aliphatic heterocycles. The monoisotopic (exact) mass is 377 g/mol. The number of amides is 1. The van der Waals surface area contributed by atoms with Gasteiger partial charge in [-0.05, 0) is 34.7 Å². The van der Waals surface area contributed by atoms with E-state index in [1.165, 1.54) is 0 Å². The average molecular weight is 378 g/mol. The predicted molar refractivity (Wildman–Crippen MR) is 110 cm³/mol. The fourth-order valence-corrected chi connectivity index (χ4v) is 3.24. The number of rotatable bonds is 5. The van der Waals surface area contributed by atoms with Crippen molar-refractivity contribution in [3.05, 3.63) is 95.0 Å². The minimum absolute atomic E-state index is 0.326. The molecule has 3 aromatic rings. The molecule has 1 amide bonds. The van der Waals surface area contributed by atoms with E-state index in [4.69, 9.17) is 22.7 Å². The zero-order valence-electron chi connectivity index (χ0n) is 14.7. The molecular formula is C22H20ClN3O. The van der Waals surface area contributed by atoms with Crippen LogP contribution >= 0.6 is 11.6 Å². The van der Waals surface area contributed by atoms with Crippen molar-refractivity contribution < 1.29 is 4.79 Å². The molecule has 4 nitrogen and oxygen atoms in total. The largest absolute Gasteiger partial charge is 0.370 e.